The summed E-state index contributed by atoms with van der Waals surface area (Å²) < 4.78 is 30.5. The van der Waals surface area contributed by atoms with Crippen LogP contribution >= 0.6 is 11.6 Å². The number of aromatic nitrogens is 2. The second-order valence-corrected chi connectivity index (χ2v) is 7.21. The van der Waals surface area contributed by atoms with Crippen molar-refractivity contribution in [3.8, 4) is 11.3 Å². The average molecular weight is 452 g/mol. The zero-order valence-corrected chi connectivity index (χ0v) is 17.2. The van der Waals surface area contributed by atoms with Gasteiger partial charge in [-0.3, -0.25) is 9.20 Å². The lowest BCUT2D eigenvalue weighted by molar-refractivity contribution is 0.102. The molecule has 160 valence electrons. The topological polar surface area (TPSA) is 96.3 Å². The Morgan fingerprint density at radius 3 is 2.66 bits per heavy atom. The molecule has 0 spiro atoms. The lowest BCUT2D eigenvalue weighted by atomic mass is 10.1. The van der Waals surface area contributed by atoms with Crippen LogP contribution in [0.2, 0.25) is 5.02 Å². The number of hydrogen-bond donors (Lipinski definition) is 3. The van der Waals surface area contributed by atoms with Crippen LogP contribution in [0, 0.1) is 17.0 Å². The minimum atomic E-state index is -0.829. The highest BCUT2D eigenvalue weighted by Crippen LogP contribution is 2.27. The maximum absolute atomic E-state index is 14.8. The van der Waals surface area contributed by atoms with Crippen molar-refractivity contribution in [2.75, 3.05) is 5.32 Å². The minimum absolute atomic E-state index is 0.00716. The number of benzene rings is 2. The van der Waals surface area contributed by atoms with Crippen molar-refractivity contribution in [2.24, 2.45) is 5.73 Å². The van der Waals surface area contributed by atoms with Crippen LogP contribution in [0.5, 0.6) is 0 Å². The summed E-state index contributed by atoms with van der Waals surface area (Å²) in [6.45, 7) is 0. The number of hydrogen-bond acceptors (Lipinski definition) is 4. The molecule has 0 aliphatic rings. The molecule has 0 saturated heterocycles. The number of carbonyl (C=O) groups excluding carboxylic acids is 1. The Balaban J connectivity index is 1.69. The number of fused-ring (bicyclic) bond motifs is 1. The summed E-state index contributed by atoms with van der Waals surface area (Å²) in [5.41, 5.74) is 7.94. The Bertz CT molecular complexity index is 1380. The first-order valence-corrected chi connectivity index (χ1v) is 9.76. The van der Waals surface area contributed by atoms with Gasteiger partial charge in [-0.1, -0.05) is 23.7 Å². The van der Waals surface area contributed by atoms with Gasteiger partial charge in [0.05, 0.1) is 28.2 Å². The molecule has 6 nitrogen and oxygen atoms in total. The third-order valence-corrected chi connectivity index (χ3v) is 5.20. The Kier molecular flexibility index (Phi) is 5.70. The molecular weight excluding hydrogens is 436 g/mol. The van der Waals surface area contributed by atoms with Crippen LogP contribution in [-0.4, -0.2) is 21.5 Å². The Morgan fingerprint density at radius 1 is 1.16 bits per heavy atom. The highest BCUT2D eigenvalue weighted by Gasteiger charge is 2.17. The molecule has 0 aliphatic carbocycles. The fraction of sp³-hybridized carbons (Fsp3) is 0. The number of imidazole rings is 1. The maximum Gasteiger partial charge on any atom is 0.258 e. The zero-order valence-electron chi connectivity index (χ0n) is 16.4. The first-order chi connectivity index (χ1) is 15.4. The van der Waals surface area contributed by atoms with E-state index in [9.17, 15) is 13.6 Å². The van der Waals surface area contributed by atoms with Crippen molar-refractivity contribution in [3.63, 3.8) is 0 Å². The number of allylic oxidation sites excluding steroid dienone is 1. The highest BCUT2D eigenvalue weighted by molar-refractivity contribution is 6.34. The van der Waals surface area contributed by atoms with Gasteiger partial charge >= 0.3 is 0 Å². The van der Waals surface area contributed by atoms with Crippen molar-refractivity contribution >= 4 is 40.6 Å². The quantitative estimate of drug-likeness (QED) is 0.367. The van der Waals surface area contributed by atoms with Crippen LogP contribution in [0.15, 0.2) is 67.1 Å². The fourth-order valence-electron chi connectivity index (χ4n) is 3.25. The summed E-state index contributed by atoms with van der Waals surface area (Å²) in [4.78, 5) is 16.8. The van der Waals surface area contributed by atoms with E-state index in [0.717, 1.165) is 12.3 Å². The predicted octanol–water partition coefficient (Wildman–Crippen LogP) is 5.13. The Labute approximate surface area is 186 Å². The Hall–Kier alpha value is -4.04. The van der Waals surface area contributed by atoms with Crippen LogP contribution in [0.25, 0.3) is 22.5 Å². The molecule has 1 amide bonds. The number of halogens is 3. The van der Waals surface area contributed by atoms with E-state index in [1.165, 1.54) is 30.5 Å². The van der Waals surface area contributed by atoms with Crippen molar-refractivity contribution < 1.29 is 13.6 Å². The smallest absolute Gasteiger partial charge is 0.258 e. The SMILES string of the molecule is N=CC(=CN)c1ccc2ncc(-c3ccc(C(=O)Nc4c(F)cccc4Cl)c(F)c3)n2c1. The number of anilines is 1. The van der Waals surface area contributed by atoms with Gasteiger partial charge in [-0.05, 0) is 36.4 Å². The normalized spacial score (nSPS) is 11.5. The standard InChI is InChI=1S/C23H16ClF2N5O/c24-17-2-1-3-18(25)22(17)30-23(32)16-6-4-13(8-19(16)26)20-11-29-21-7-5-14(12-31(20)21)15(9-27)10-28/h1-12,27H,28H2,(H,30,32). The number of nitrogens with one attached hydrogen (secondary N) is 2. The summed E-state index contributed by atoms with van der Waals surface area (Å²) in [7, 11) is 0. The molecular formula is C23H16ClF2N5O. The van der Waals surface area contributed by atoms with E-state index in [2.05, 4.69) is 10.3 Å². The Morgan fingerprint density at radius 2 is 1.97 bits per heavy atom. The molecule has 2 aromatic carbocycles. The molecule has 0 bridgehead atoms. The third kappa shape index (κ3) is 3.83. The van der Waals surface area contributed by atoms with Crippen molar-refractivity contribution in [3.05, 3.63) is 94.9 Å². The summed E-state index contributed by atoms with van der Waals surface area (Å²) in [6, 6.07) is 11.6. The molecule has 0 fully saturated rings. The van der Waals surface area contributed by atoms with Gasteiger partial charge in [-0.2, -0.15) is 0 Å². The van der Waals surface area contributed by atoms with Crippen LogP contribution in [-0.2, 0) is 0 Å². The first-order valence-electron chi connectivity index (χ1n) is 9.38. The maximum atomic E-state index is 14.8. The molecule has 0 aliphatic heterocycles. The average Bonchev–Trinajstić information content (AvgIpc) is 3.20. The van der Waals surface area contributed by atoms with Gasteiger partial charge in [0, 0.05) is 35.3 Å². The van der Waals surface area contributed by atoms with Gasteiger partial charge < -0.3 is 16.5 Å². The number of rotatable bonds is 5. The molecule has 2 heterocycles. The monoisotopic (exact) mass is 451 g/mol. The number of nitrogens with two attached hydrogens (primary N) is 1. The van der Waals surface area contributed by atoms with E-state index in [1.54, 1.807) is 35.0 Å². The first kappa shape index (κ1) is 21.2. The summed E-state index contributed by atoms with van der Waals surface area (Å²) >= 11 is 5.92. The lowest BCUT2D eigenvalue weighted by Gasteiger charge is -2.10. The number of carbonyl (C=O) groups is 1. The second kappa shape index (κ2) is 8.60. The van der Waals surface area contributed by atoms with E-state index in [4.69, 9.17) is 22.7 Å². The molecule has 4 aromatic rings. The van der Waals surface area contributed by atoms with Gasteiger partial charge in [0.25, 0.3) is 5.91 Å². The second-order valence-electron chi connectivity index (χ2n) is 6.80. The molecule has 0 saturated carbocycles. The van der Waals surface area contributed by atoms with Gasteiger partial charge in [-0.15, -0.1) is 0 Å². The van der Waals surface area contributed by atoms with E-state index in [-0.39, 0.29) is 16.3 Å². The van der Waals surface area contributed by atoms with Crippen molar-refractivity contribution in [1.29, 1.82) is 5.41 Å². The number of nitrogens with zero attached hydrogens (tertiary/aromatic N) is 2. The van der Waals surface area contributed by atoms with Gasteiger partial charge in [0.1, 0.15) is 17.3 Å². The summed E-state index contributed by atoms with van der Waals surface area (Å²) in [5, 5.41) is 9.78. The van der Waals surface area contributed by atoms with Crippen LogP contribution in [0.1, 0.15) is 15.9 Å². The minimum Gasteiger partial charge on any atom is -0.404 e. The van der Waals surface area contributed by atoms with Crippen LogP contribution in [0.4, 0.5) is 14.5 Å². The fourth-order valence-corrected chi connectivity index (χ4v) is 3.46. The molecule has 4 N–H and O–H groups in total. The summed E-state index contributed by atoms with van der Waals surface area (Å²) in [5.74, 6) is -2.34. The molecule has 0 atom stereocenters. The van der Waals surface area contributed by atoms with Crippen molar-refractivity contribution in [1.82, 2.24) is 9.38 Å². The van der Waals surface area contributed by atoms with E-state index < -0.39 is 17.5 Å². The number of para-hydroxylation sites is 1. The zero-order chi connectivity index (χ0) is 22.8. The van der Waals surface area contributed by atoms with Crippen LogP contribution in [0.3, 0.4) is 0 Å². The lowest BCUT2D eigenvalue weighted by Crippen LogP contribution is -2.15. The van der Waals surface area contributed by atoms with Crippen LogP contribution < -0.4 is 11.1 Å². The van der Waals surface area contributed by atoms with E-state index >= 15 is 0 Å². The van der Waals surface area contributed by atoms with Gasteiger partial charge in [0.15, 0.2) is 0 Å². The molecule has 0 unspecified atom stereocenters. The molecule has 2 aromatic heterocycles. The van der Waals surface area contributed by atoms with E-state index in [0.29, 0.717) is 28.0 Å². The van der Waals surface area contributed by atoms with E-state index in [1.807, 2.05) is 0 Å². The molecule has 9 heteroatoms. The van der Waals surface area contributed by atoms with Gasteiger partial charge in [0.2, 0.25) is 0 Å². The summed E-state index contributed by atoms with van der Waals surface area (Å²) in [6.07, 6.45) is 5.76. The predicted molar refractivity (Wildman–Crippen MR) is 121 cm³/mol. The number of amides is 1. The van der Waals surface area contributed by atoms with Crippen molar-refractivity contribution in [2.45, 2.75) is 0 Å². The number of pyridine rings is 1. The molecule has 32 heavy (non-hydrogen) atoms. The third-order valence-electron chi connectivity index (χ3n) is 4.88. The molecule has 4 rings (SSSR count). The highest BCUT2D eigenvalue weighted by atomic mass is 35.5. The largest absolute Gasteiger partial charge is 0.404 e. The molecule has 0 radical (unpaired) electrons. The van der Waals surface area contributed by atoms with Gasteiger partial charge in [-0.25, -0.2) is 13.8 Å².